The quantitative estimate of drug-likeness (QED) is 0.261. The molecule has 5 N–H and O–H groups in total. The lowest BCUT2D eigenvalue weighted by atomic mass is 9.49. The fourth-order valence-corrected chi connectivity index (χ4v) is 7.16. The molecule has 3 aliphatic rings. The number of carbonyl (C=O) groups excluding carboxylic acids is 6. The van der Waals surface area contributed by atoms with Crippen LogP contribution in [0.2, 0.25) is 0 Å². The molecule has 2 fully saturated rings. The Labute approximate surface area is 240 Å². The lowest BCUT2D eigenvalue weighted by molar-refractivity contribution is -0.197. The summed E-state index contributed by atoms with van der Waals surface area (Å²) in [7, 11) is 4.11. The van der Waals surface area contributed by atoms with Gasteiger partial charge in [-0.25, -0.2) is 4.79 Å². The molecule has 0 saturated heterocycles. The van der Waals surface area contributed by atoms with Gasteiger partial charge in [0, 0.05) is 5.92 Å². The summed E-state index contributed by atoms with van der Waals surface area (Å²) in [4.78, 5) is 80.3. The number of hydrogen-bond acceptors (Lipinski definition) is 11. The molecule has 2 saturated carbocycles. The van der Waals surface area contributed by atoms with Crippen LogP contribution in [0.4, 0.5) is 0 Å². The first-order chi connectivity index (χ1) is 19.8. The maximum Gasteiger partial charge on any atom is 0.337 e. The Morgan fingerprint density at radius 2 is 1.67 bits per heavy atom. The summed E-state index contributed by atoms with van der Waals surface area (Å²) in [6, 6.07) is 9.22. The van der Waals surface area contributed by atoms with E-state index in [0.717, 1.165) is 0 Å². The molecule has 5 rings (SSSR count). The van der Waals surface area contributed by atoms with Gasteiger partial charge in [0.05, 0.1) is 42.2 Å². The number of ketones is 4. The molecule has 8 unspecified atom stereocenters. The number of Topliss-reactive ketones (excluding diaryl/α,β-unsaturated/α-hetero) is 4. The minimum atomic E-state index is -3.08. The van der Waals surface area contributed by atoms with E-state index in [4.69, 9.17) is 10.5 Å². The average Bonchev–Trinajstić information content (AvgIpc) is 2.94. The highest BCUT2D eigenvalue weighted by molar-refractivity contribution is 6.32. The zero-order valence-electron chi connectivity index (χ0n) is 23.0. The Morgan fingerprint density at radius 1 is 1.02 bits per heavy atom. The third-order valence-corrected chi connectivity index (χ3v) is 8.98. The number of nitrogens with zero attached hydrogens (tertiary/aromatic N) is 1. The fourth-order valence-electron chi connectivity index (χ4n) is 7.16. The monoisotopic (exact) mass is 578 g/mol. The summed E-state index contributed by atoms with van der Waals surface area (Å²) in [6.45, 7) is 0. The molecule has 8 atom stereocenters. The lowest BCUT2D eigenvalue weighted by Crippen LogP contribution is -2.77. The van der Waals surface area contributed by atoms with Crippen LogP contribution in [0, 0.1) is 23.7 Å². The molecule has 12 heteroatoms. The van der Waals surface area contributed by atoms with Gasteiger partial charge in [-0.05, 0) is 55.8 Å². The number of benzene rings is 2. The molecular formula is C30H30N2O10. The number of carbonyl (C=O) groups is 6. The van der Waals surface area contributed by atoms with Crippen LogP contribution in [0.25, 0.3) is 0 Å². The number of rotatable bonds is 5. The van der Waals surface area contributed by atoms with E-state index in [1.54, 1.807) is 18.2 Å². The maximum absolute atomic E-state index is 14.2. The van der Waals surface area contributed by atoms with Crippen LogP contribution < -0.4 is 5.73 Å². The van der Waals surface area contributed by atoms with Gasteiger partial charge >= 0.3 is 5.97 Å². The second kappa shape index (κ2) is 10.2. The van der Waals surface area contributed by atoms with Gasteiger partial charge in [0.15, 0.2) is 34.7 Å². The van der Waals surface area contributed by atoms with E-state index in [0.29, 0.717) is 11.1 Å². The molecule has 42 heavy (non-hydrogen) atoms. The van der Waals surface area contributed by atoms with Crippen LogP contribution in [0.5, 0.6) is 5.75 Å². The minimum Gasteiger partial charge on any atom is -0.507 e. The van der Waals surface area contributed by atoms with Gasteiger partial charge in [0.2, 0.25) is 5.91 Å². The normalized spacial score (nSPS) is 32.2. The van der Waals surface area contributed by atoms with E-state index in [-0.39, 0.29) is 17.5 Å². The molecule has 0 spiro atoms. The molecule has 2 aromatic rings. The SMILES string of the molecule is COC(=O)c1ccc(CC2c3cccc(O)c3C(=O)C3C(=O)C4(O)C(=O)C(C(N)=O)C(=O)C(N(C)C)C4C(O)C32)cc1. The van der Waals surface area contributed by atoms with Gasteiger partial charge < -0.3 is 25.8 Å². The number of amides is 1. The summed E-state index contributed by atoms with van der Waals surface area (Å²) in [5.74, 6) is -14.6. The topological polar surface area (TPSA) is 202 Å². The van der Waals surface area contributed by atoms with E-state index in [1.165, 1.54) is 50.4 Å². The number of fused-ring (bicyclic) bond motifs is 3. The molecule has 0 aliphatic heterocycles. The van der Waals surface area contributed by atoms with Crippen molar-refractivity contribution < 1.29 is 48.8 Å². The molecule has 1 amide bonds. The molecule has 12 nitrogen and oxygen atoms in total. The number of ether oxygens (including phenoxy) is 1. The Hall–Kier alpha value is -4.26. The number of phenolic OH excluding ortho intramolecular Hbond substituents is 1. The first-order valence-corrected chi connectivity index (χ1v) is 13.3. The number of primary amides is 1. The highest BCUT2D eigenvalue weighted by Crippen LogP contribution is 2.55. The fraction of sp³-hybridized carbons (Fsp3) is 0.400. The van der Waals surface area contributed by atoms with Crippen molar-refractivity contribution in [3.63, 3.8) is 0 Å². The van der Waals surface area contributed by atoms with Gasteiger partial charge in [-0.3, -0.25) is 28.9 Å². The molecule has 2 aromatic carbocycles. The summed E-state index contributed by atoms with van der Waals surface area (Å²) >= 11 is 0. The Balaban J connectivity index is 1.69. The number of esters is 1. The number of nitrogens with two attached hydrogens (primary N) is 1. The number of aliphatic hydroxyl groups excluding tert-OH is 1. The van der Waals surface area contributed by atoms with Crippen LogP contribution in [0.1, 0.15) is 37.8 Å². The van der Waals surface area contributed by atoms with Crippen LogP contribution in [0.15, 0.2) is 42.5 Å². The standard InChI is InChI=1S/C30H30N2O10/c1-32(2)22-21-24(35)18-15(11-12-7-9-13(10-8-12)29(40)42-3)14-5-4-6-16(33)17(14)23(34)19(18)26(37)30(21,41)27(38)20(25(22)36)28(31)39/h4-10,15,18-22,24,33,35,41H,11H2,1-3H3,(H2,31,39). The predicted octanol–water partition coefficient (Wildman–Crippen LogP) is -0.592. The first kappa shape index (κ1) is 29.2. The second-order valence-corrected chi connectivity index (χ2v) is 11.3. The van der Waals surface area contributed by atoms with Crippen molar-refractivity contribution in [3.05, 3.63) is 64.7 Å². The third kappa shape index (κ3) is 4.01. The van der Waals surface area contributed by atoms with E-state index < -0.39 is 88.1 Å². The van der Waals surface area contributed by atoms with Crippen LogP contribution in [0.3, 0.4) is 0 Å². The summed E-state index contributed by atoms with van der Waals surface area (Å²) in [6.07, 6.45) is -1.65. The minimum absolute atomic E-state index is 0.111. The zero-order chi connectivity index (χ0) is 30.8. The van der Waals surface area contributed by atoms with Crippen molar-refractivity contribution in [2.45, 2.75) is 30.1 Å². The zero-order valence-corrected chi connectivity index (χ0v) is 23.0. The largest absolute Gasteiger partial charge is 0.507 e. The number of likely N-dealkylation sites (N-methyl/N-ethyl adjacent to an activating group) is 1. The van der Waals surface area contributed by atoms with E-state index in [9.17, 15) is 44.1 Å². The Bertz CT molecular complexity index is 1530. The molecule has 0 radical (unpaired) electrons. The summed E-state index contributed by atoms with van der Waals surface area (Å²) in [5.41, 5.74) is 3.34. The van der Waals surface area contributed by atoms with Gasteiger partial charge in [-0.1, -0.05) is 24.3 Å². The maximum atomic E-state index is 14.2. The number of aromatic hydroxyl groups is 1. The van der Waals surface area contributed by atoms with Gasteiger partial charge in [0.25, 0.3) is 0 Å². The second-order valence-electron chi connectivity index (χ2n) is 11.3. The highest BCUT2D eigenvalue weighted by atomic mass is 16.5. The number of methoxy groups -OCH3 is 1. The summed E-state index contributed by atoms with van der Waals surface area (Å²) < 4.78 is 4.74. The van der Waals surface area contributed by atoms with Gasteiger partial charge in [-0.2, -0.15) is 0 Å². The number of aliphatic hydroxyl groups is 2. The Kier molecular flexibility index (Phi) is 7.12. The summed E-state index contributed by atoms with van der Waals surface area (Å²) in [5, 5.41) is 34.4. The smallest absolute Gasteiger partial charge is 0.337 e. The molecule has 3 aliphatic carbocycles. The number of hydrogen-bond donors (Lipinski definition) is 4. The van der Waals surface area contributed by atoms with Crippen molar-refractivity contribution in [1.82, 2.24) is 4.90 Å². The molecule has 0 aromatic heterocycles. The van der Waals surface area contributed by atoms with Crippen LogP contribution in [-0.4, -0.2) is 94.2 Å². The van der Waals surface area contributed by atoms with Crippen molar-refractivity contribution in [3.8, 4) is 5.75 Å². The van der Waals surface area contributed by atoms with E-state index in [2.05, 4.69) is 0 Å². The number of phenols is 1. The van der Waals surface area contributed by atoms with Crippen molar-refractivity contribution in [1.29, 1.82) is 0 Å². The lowest BCUT2D eigenvalue weighted by Gasteiger charge is -2.56. The Morgan fingerprint density at radius 3 is 2.24 bits per heavy atom. The average molecular weight is 579 g/mol. The van der Waals surface area contributed by atoms with Crippen molar-refractivity contribution in [2.24, 2.45) is 29.4 Å². The molecular weight excluding hydrogens is 548 g/mol. The van der Waals surface area contributed by atoms with E-state index >= 15 is 0 Å². The van der Waals surface area contributed by atoms with E-state index in [1.807, 2.05) is 0 Å². The van der Waals surface area contributed by atoms with Crippen LogP contribution in [-0.2, 0) is 30.3 Å². The highest BCUT2D eigenvalue weighted by Gasteiger charge is 2.73. The van der Waals surface area contributed by atoms with Gasteiger partial charge in [-0.15, -0.1) is 0 Å². The van der Waals surface area contributed by atoms with Crippen molar-refractivity contribution >= 4 is 35.0 Å². The van der Waals surface area contributed by atoms with Crippen molar-refractivity contribution in [2.75, 3.05) is 21.2 Å². The molecule has 0 heterocycles. The molecule has 0 bridgehead atoms. The predicted molar refractivity (Wildman–Crippen MR) is 143 cm³/mol. The third-order valence-electron chi connectivity index (χ3n) is 8.98. The first-order valence-electron chi connectivity index (χ1n) is 13.3. The van der Waals surface area contributed by atoms with Crippen LogP contribution >= 0.6 is 0 Å². The molecule has 220 valence electrons. The van der Waals surface area contributed by atoms with Gasteiger partial charge in [0.1, 0.15) is 5.75 Å².